The number of ether oxygens (including phenoxy) is 1. The summed E-state index contributed by atoms with van der Waals surface area (Å²) >= 11 is 0. The van der Waals surface area contributed by atoms with Crippen LogP contribution < -0.4 is 26.2 Å². The van der Waals surface area contributed by atoms with Crippen LogP contribution in [0.4, 0.5) is 11.8 Å². The Hall–Kier alpha value is -2.28. The van der Waals surface area contributed by atoms with Crippen molar-refractivity contribution >= 4 is 22.0 Å². The molecular formula is C21H33N9O4S. The van der Waals surface area contributed by atoms with Crippen LogP contribution >= 0.6 is 0 Å². The van der Waals surface area contributed by atoms with E-state index in [1.807, 2.05) is 0 Å². The molecule has 5 atom stereocenters. The highest BCUT2D eigenvalue weighted by atomic mass is 32.2. The molecule has 4 aliphatic rings. The van der Waals surface area contributed by atoms with Crippen LogP contribution in [0.2, 0.25) is 0 Å². The lowest BCUT2D eigenvalue weighted by Gasteiger charge is -2.50. The van der Waals surface area contributed by atoms with Crippen LogP contribution in [0.15, 0.2) is 6.07 Å². The Balaban J connectivity index is 1.26. The van der Waals surface area contributed by atoms with Gasteiger partial charge in [-0.3, -0.25) is 5.43 Å². The van der Waals surface area contributed by atoms with Crippen LogP contribution in [0, 0.1) is 17.2 Å². The van der Waals surface area contributed by atoms with Crippen LogP contribution in [-0.4, -0.2) is 89.2 Å². The molecule has 2 bridgehead atoms. The van der Waals surface area contributed by atoms with Crippen molar-refractivity contribution in [3.05, 3.63) is 6.07 Å². The molecule has 13 nitrogen and oxygen atoms in total. The number of aromatic nitrogens is 2. The molecular weight excluding hydrogens is 474 g/mol. The molecule has 1 aromatic rings. The highest BCUT2D eigenvalue weighted by molar-refractivity contribution is 7.86. The van der Waals surface area contributed by atoms with Crippen LogP contribution in [0.25, 0.3) is 0 Å². The maximum atomic E-state index is 13.3. The van der Waals surface area contributed by atoms with Gasteiger partial charge in [-0.2, -0.15) is 32.3 Å². The number of nitriles is 1. The Kier molecular flexibility index (Phi) is 6.97. The van der Waals surface area contributed by atoms with E-state index in [1.165, 1.54) is 4.31 Å². The summed E-state index contributed by atoms with van der Waals surface area (Å²) in [5.41, 5.74) is 6.11. The minimum atomic E-state index is -3.57. The second kappa shape index (κ2) is 10.00. The molecule has 192 valence electrons. The number of hydrogen-bond donors (Lipinski definition) is 5. The second-order valence-electron chi connectivity index (χ2n) is 9.75. The number of methoxy groups -OCH3 is 1. The summed E-state index contributed by atoms with van der Waals surface area (Å²) in [6.45, 7) is 0.612. The maximum Gasteiger partial charge on any atom is 0.282 e. The van der Waals surface area contributed by atoms with Crippen molar-refractivity contribution in [3.63, 3.8) is 0 Å². The van der Waals surface area contributed by atoms with Gasteiger partial charge in [-0.25, -0.2) is 5.43 Å². The minimum absolute atomic E-state index is 0.0308. The molecule has 0 aliphatic carbocycles. The van der Waals surface area contributed by atoms with Crippen molar-refractivity contribution in [1.82, 2.24) is 29.4 Å². The molecule has 5 N–H and O–H groups in total. The SMILES string of the molecule is COc1cc(NC2CC(CO)NN2)nc(NC2C[C@H]3CCC[C@@H](C2)N3S(=O)(=O)N2CC(C#N)C2)n1. The van der Waals surface area contributed by atoms with Crippen LogP contribution in [0.1, 0.15) is 38.5 Å². The van der Waals surface area contributed by atoms with Crippen LogP contribution in [0.5, 0.6) is 5.88 Å². The van der Waals surface area contributed by atoms with E-state index in [2.05, 4.69) is 37.5 Å². The predicted octanol–water partition coefficient (Wildman–Crippen LogP) is -0.420. The summed E-state index contributed by atoms with van der Waals surface area (Å²) in [7, 11) is -2.02. The molecule has 5 rings (SSSR count). The zero-order valence-electron chi connectivity index (χ0n) is 19.7. The van der Waals surface area contributed by atoms with Crippen molar-refractivity contribution in [1.29, 1.82) is 5.26 Å². The second-order valence-corrected chi connectivity index (χ2v) is 11.6. The largest absolute Gasteiger partial charge is 0.481 e. The molecule has 0 radical (unpaired) electrons. The smallest absolute Gasteiger partial charge is 0.282 e. The van der Waals surface area contributed by atoms with Crippen molar-refractivity contribution in [2.24, 2.45) is 5.92 Å². The predicted molar refractivity (Wildman–Crippen MR) is 127 cm³/mol. The van der Waals surface area contributed by atoms with Crippen molar-refractivity contribution in [3.8, 4) is 11.9 Å². The number of aliphatic hydroxyl groups is 1. The van der Waals surface area contributed by atoms with Gasteiger partial charge in [0, 0.05) is 49.7 Å². The van der Waals surface area contributed by atoms with Gasteiger partial charge in [-0.15, -0.1) is 0 Å². The van der Waals surface area contributed by atoms with Gasteiger partial charge >= 0.3 is 0 Å². The van der Waals surface area contributed by atoms with Gasteiger partial charge in [0.1, 0.15) is 5.82 Å². The van der Waals surface area contributed by atoms with Gasteiger partial charge in [-0.1, -0.05) is 6.42 Å². The molecule has 0 aromatic carbocycles. The number of rotatable bonds is 8. The Labute approximate surface area is 205 Å². The van der Waals surface area contributed by atoms with Gasteiger partial charge in [0.05, 0.1) is 31.9 Å². The Morgan fingerprint density at radius 3 is 2.57 bits per heavy atom. The monoisotopic (exact) mass is 507 g/mol. The molecule has 4 aliphatic heterocycles. The van der Waals surface area contributed by atoms with Crippen molar-refractivity contribution < 1.29 is 18.3 Å². The standard InChI is InChI=1S/C21H33N9O4S/c1-34-20-8-18(24-19-7-15(12-31)27-28-19)25-21(26-20)23-14-5-16-3-2-4-17(6-14)30(16)35(32,33)29-10-13(9-22)11-29/h8,13-17,19,27-28,31H,2-7,10-12H2,1H3,(H2,23,24,25,26)/t14?,15?,16-,17+,19?. The number of hydrazine groups is 1. The Bertz CT molecular complexity index is 1050. The highest BCUT2D eigenvalue weighted by Crippen LogP contribution is 2.39. The van der Waals surface area contributed by atoms with E-state index in [1.54, 1.807) is 17.5 Å². The molecule has 0 spiro atoms. The molecule has 4 saturated heterocycles. The van der Waals surface area contributed by atoms with Crippen LogP contribution in [-0.2, 0) is 10.2 Å². The first kappa shape index (κ1) is 24.4. The molecule has 14 heteroatoms. The fourth-order valence-electron chi connectivity index (χ4n) is 5.54. The Morgan fingerprint density at radius 1 is 1.20 bits per heavy atom. The van der Waals surface area contributed by atoms with Crippen molar-refractivity contribution in [2.75, 3.05) is 37.4 Å². The highest BCUT2D eigenvalue weighted by Gasteiger charge is 2.49. The van der Waals surface area contributed by atoms with Gasteiger partial charge in [0.25, 0.3) is 10.2 Å². The number of aliphatic hydroxyl groups excluding tert-OH is 1. The average molecular weight is 508 g/mol. The summed E-state index contributed by atoms with van der Waals surface area (Å²) in [4.78, 5) is 9.06. The fourth-order valence-corrected chi connectivity index (χ4v) is 7.68. The number of piperidine rings is 2. The number of anilines is 2. The first-order valence-electron chi connectivity index (χ1n) is 12.2. The van der Waals surface area contributed by atoms with Gasteiger partial charge < -0.3 is 20.5 Å². The lowest BCUT2D eigenvalue weighted by Crippen LogP contribution is -2.63. The topological polar surface area (TPSA) is 168 Å². The molecule has 0 saturated carbocycles. The van der Waals surface area contributed by atoms with Crippen LogP contribution in [0.3, 0.4) is 0 Å². The average Bonchev–Trinajstić information content (AvgIpc) is 3.25. The molecule has 3 unspecified atom stereocenters. The quantitative estimate of drug-likeness (QED) is 0.310. The Morgan fingerprint density at radius 2 is 1.94 bits per heavy atom. The van der Waals surface area contributed by atoms with E-state index < -0.39 is 10.2 Å². The van der Waals surface area contributed by atoms with E-state index in [9.17, 15) is 13.5 Å². The zero-order chi connectivity index (χ0) is 24.6. The first-order chi connectivity index (χ1) is 16.9. The summed E-state index contributed by atoms with van der Waals surface area (Å²) in [6.07, 6.45) is 4.57. The number of fused-ring (bicyclic) bond motifs is 2. The summed E-state index contributed by atoms with van der Waals surface area (Å²) in [6, 6.07) is 3.70. The molecule has 0 amide bonds. The number of nitrogens with one attached hydrogen (secondary N) is 4. The van der Waals surface area contributed by atoms with E-state index in [0.29, 0.717) is 36.9 Å². The number of hydrogen-bond acceptors (Lipinski definition) is 11. The van der Waals surface area contributed by atoms with E-state index in [-0.39, 0.29) is 55.9 Å². The minimum Gasteiger partial charge on any atom is -0.481 e. The molecule has 5 heterocycles. The lowest BCUT2D eigenvalue weighted by molar-refractivity contribution is 0.0983. The summed E-state index contributed by atoms with van der Waals surface area (Å²) < 4.78 is 35.1. The zero-order valence-corrected chi connectivity index (χ0v) is 20.5. The number of nitrogens with zero attached hydrogens (tertiary/aromatic N) is 5. The van der Waals surface area contributed by atoms with E-state index in [4.69, 9.17) is 10.00 Å². The maximum absolute atomic E-state index is 13.3. The van der Waals surface area contributed by atoms with Gasteiger partial charge in [-0.05, 0) is 25.7 Å². The first-order valence-corrected chi connectivity index (χ1v) is 13.6. The summed E-state index contributed by atoms with van der Waals surface area (Å²) in [5, 5.41) is 25.1. The van der Waals surface area contributed by atoms with Crippen molar-refractivity contribution in [2.45, 2.75) is 68.9 Å². The lowest BCUT2D eigenvalue weighted by atomic mass is 9.84. The molecule has 1 aromatic heterocycles. The third-order valence-electron chi connectivity index (χ3n) is 7.30. The van der Waals surface area contributed by atoms with Gasteiger partial charge in [0.15, 0.2) is 0 Å². The molecule has 35 heavy (non-hydrogen) atoms. The normalized spacial score (nSPS) is 32.0. The van der Waals surface area contributed by atoms with Gasteiger partial charge in [0.2, 0.25) is 11.8 Å². The van der Waals surface area contributed by atoms with E-state index >= 15 is 0 Å². The van der Waals surface area contributed by atoms with E-state index in [0.717, 1.165) is 19.3 Å². The fraction of sp³-hybridized carbons (Fsp3) is 0.762. The third kappa shape index (κ3) is 5.02. The molecule has 4 fully saturated rings. The summed E-state index contributed by atoms with van der Waals surface area (Å²) in [5.74, 6) is 1.22. The third-order valence-corrected chi connectivity index (χ3v) is 9.38.